The average molecular weight is 262 g/mol. The molecule has 0 saturated heterocycles. The van der Waals surface area contributed by atoms with Gasteiger partial charge in [-0.15, -0.1) is 11.8 Å². The van der Waals surface area contributed by atoms with Gasteiger partial charge < -0.3 is 4.52 Å². The molecule has 1 heterocycles. The van der Waals surface area contributed by atoms with Crippen LogP contribution >= 0.6 is 11.8 Å². The lowest BCUT2D eigenvalue weighted by atomic mass is 10.1. The summed E-state index contributed by atoms with van der Waals surface area (Å²) >= 11 is 1.80. The highest BCUT2D eigenvalue weighted by atomic mass is 32.2. The van der Waals surface area contributed by atoms with Crippen molar-refractivity contribution in [1.29, 1.82) is 0 Å². The molecular weight excluding hydrogens is 244 g/mol. The van der Waals surface area contributed by atoms with Crippen molar-refractivity contribution < 1.29 is 4.52 Å². The molecule has 2 aromatic rings. The Morgan fingerprint density at radius 2 is 1.83 bits per heavy atom. The second-order valence-corrected chi connectivity index (χ2v) is 7.08. The van der Waals surface area contributed by atoms with Gasteiger partial charge in [0.15, 0.2) is 0 Å². The fraction of sp³-hybridized carbons (Fsp3) is 0.429. The van der Waals surface area contributed by atoms with Crippen LogP contribution in [0, 0.1) is 6.92 Å². The standard InChI is InChI=1S/C14H18N2OS/c1-10-5-7-11(8-6-10)13-15-12(17-16-13)9-18-14(2,3)4/h5-8H,9H2,1-4H3. The van der Waals surface area contributed by atoms with Crippen molar-refractivity contribution in [3.63, 3.8) is 0 Å². The van der Waals surface area contributed by atoms with Gasteiger partial charge in [0, 0.05) is 10.3 Å². The van der Waals surface area contributed by atoms with Crippen molar-refractivity contribution >= 4 is 11.8 Å². The first-order valence-electron chi connectivity index (χ1n) is 5.98. The summed E-state index contributed by atoms with van der Waals surface area (Å²) in [6, 6.07) is 8.13. The Hall–Kier alpha value is -1.29. The summed E-state index contributed by atoms with van der Waals surface area (Å²) in [6.07, 6.45) is 0. The normalized spacial score (nSPS) is 11.8. The lowest BCUT2D eigenvalue weighted by molar-refractivity contribution is 0.391. The third-order valence-electron chi connectivity index (χ3n) is 2.41. The molecule has 0 unspecified atom stereocenters. The van der Waals surface area contributed by atoms with Gasteiger partial charge in [-0.1, -0.05) is 55.8 Å². The number of aromatic nitrogens is 2. The molecule has 4 heteroatoms. The summed E-state index contributed by atoms with van der Waals surface area (Å²) in [6.45, 7) is 8.59. The number of rotatable bonds is 3. The van der Waals surface area contributed by atoms with Crippen molar-refractivity contribution in [1.82, 2.24) is 10.1 Å². The largest absolute Gasteiger partial charge is 0.338 e. The lowest BCUT2D eigenvalue weighted by Crippen LogP contribution is -2.07. The van der Waals surface area contributed by atoms with Gasteiger partial charge in [0.1, 0.15) is 0 Å². The summed E-state index contributed by atoms with van der Waals surface area (Å²) in [7, 11) is 0. The Bertz CT molecular complexity index is 511. The van der Waals surface area contributed by atoms with Crippen LogP contribution in [-0.2, 0) is 5.75 Å². The third kappa shape index (κ3) is 3.60. The van der Waals surface area contributed by atoms with Crippen LogP contribution in [0.5, 0.6) is 0 Å². The Kier molecular flexibility index (Phi) is 3.76. The van der Waals surface area contributed by atoms with E-state index in [-0.39, 0.29) is 4.75 Å². The van der Waals surface area contributed by atoms with E-state index in [1.807, 2.05) is 12.1 Å². The van der Waals surface area contributed by atoms with E-state index in [4.69, 9.17) is 4.52 Å². The summed E-state index contributed by atoms with van der Waals surface area (Å²) in [5, 5.41) is 4.02. The van der Waals surface area contributed by atoms with Crippen molar-refractivity contribution in [2.45, 2.75) is 38.2 Å². The van der Waals surface area contributed by atoms with Gasteiger partial charge in [0.05, 0.1) is 5.75 Å². The van der Waals surface area contributed by atoms with Crippen LogP contribution in [0.25, 0.3) is 11.4 Å². The summed E-state index contributed by atoms with van der Waals surface area (Å²) in [5.41, 5.74) is 2.22. The molecular formula is C14H18N2OS. The van der Waals surface area contributed by atoms with Crippen molar-refractivity contribution in [3.05, 3.63) is 35.7 Å². The van der Waals surface area contributed by atoms with Gasteiger partial charge in [-0.25, -0.2) is 0 Å². The minimum Gasteiger partial charge on any atom is -0.338 e. The fourth-order valence-electron chi connectivity index (χ4n) is 1.41. The molecule has 96 valence electrons. The Balaban J connectivity index is 2.08. The van der Waals surface area contributed by atoms with Crippen LogP contribution < -0.4 is 0 Å². The molecule has 3 nitrogen and oxygen atoms in total. The molecule has 0 aliphatic carbocycles. The first-order chi connectivity index (χ1) is 8.44. The van der Waals surface area contributed by atoms with E-state index in [1.165, 1.54) is 5.56 Å². The van der Waals surface area contributed by atoms with E-state index in [2.05, 4.69) is 50.0 Å². The number of nitrogens with zero attached hydrogens (tertiary/aromatic N) is 2. The van der Waals surface area contributed by atoms with Crippen molar-refractivity contribution in [2.24, 2.45) is 0 Å². The van der Waals surface area contributed by atoms with Crippen LogP contribution in [0.15, 0.2) is 28.8 Å². The number of benzene rings is 1. The molecule has 0 bridgehead atoms. The molecule has 0 saturated carbocycles. The van der Waals surface area contributed by atoms with Gasteiger partial charge in [-0.05, 0) is 6.92 Å². The molecule has 0 atom stereocenters. The maximum Gasteiger partial charge on any atom is 0.236 e. The highest BCUT2D eigenvalue weighted by Crippen LogP contribution is 2.27. The maximum absolute atomic E-state index is 5.26. The predicted octanol–water partition coefficient (Wildman–Crippen LogP) is 4.08. The van der Waals surface area contributed by atoms with Crippen molar-refractivity contribution in [3.8, 4) is 11.4 Å². The average Bonchev–Trinajstić information content (AvgIpc) is 2.75. The van der Waals surface area contributed by atoms with E-state index >= 15 is 0 Å². The fourth-order valence-corrected chi connectivity index (χ4v) is 2.09. The molecule has 0 aliphatic heterocycles. The van der Waals surface area contributed by atoms with Gasteiger partial charge in [0.2, 0.25) is 11.7 Å². The summed E-state index contributed by atoms with van der Waals surface area (Å²) < 4.78 is 5.47. The third-order valence-corrected chi connectivity index (χ3v) is 3.66. The summed E-state index contributed by atoms with van der Waals surface area (Å²) in [4.78, 5) is 4.41. The first kappa shape index (κ1) is 13.1. The first-order valence-corrected chi connectivity index (χ1v) is 6.96. The second kappa shape index (κ2) is 5.14. The van der Waals surface area contributed by atoms with Gasteiger partial charge >= 0.3 is 0 Å². The zero-order valence-corrected chi connectivity index (χ0v) is 12.0. The zero-order chi connectivity index (χ0) is 13.2. The second-order valence-electron chi connectivity index (χ2n) is 5.28. The highest BCUT2D eigenvalue weighted by molar-refractivity contribution is 7.99. The highest BCUT2D eigenvalue weighted by Gasteiger charge is 2.14. The quantitative estimate of drug-likeness (QED) is 0.835. The van der Waals surface area contributed by atoms with E-state index in [0.29, 0.717) is 11.7 Å². The van der Waals surface area contributed by atoms with E-state index in [0.717, 1.165) is 11.3 Å². The molecule has 0 N–H and O–H groups in total. The smallest absolute Gasteiger partial charge is 0.236 e. The van der Waals surface area contributed by atoms with Gasteiger partial charge in [-0.3, -0.25) is 0 Å². The molecule has 0 fully saturated rings. The number of aryl methyl sites for hydroxylation is 1. The minimum atomic E-state index is 0.207. The predicted molar refractivity (Wildman–Crippen MR) is 75.5 cm³/mol. The van der Waals surface area contributed by atoms with Crippen LogP contribution in [-0.4, -0.2) is 14.9 Å². The molecule has 0 spiro atoms. The molecule has 0 aliphatic rings. The Morgan fingerprint density at radius 1 is 1.17 bits per heavy atom. The molecule has 0 amide bonds. The van der Waals surface area contributed by atoms with Crippen LogP contribution in [0.3, 0.4) is 0 Å². The Labute approximate surface area is 112 Å². The van der Waals surface area contributed by atoms with Gasteiger partial charge in [-0.2, -0.15) is 4.98 Å². The van der Waals surface area contributed by atoms with Crippen LogP contribution in [0.1, 0.15) is 32.2 Å². The van der Waals surface area contributed by atoms with E-state index in [1.54, 1.807) is 11.8 Å². The Morgan fingerprint density at radius 3 is 2.44 bits per heavy atom. The molecule has 0 radical (unpaired) electrons. The molecule has 1 aromatic heterocycles. The van der Waals surface area contributed by atoms with Crippen molar-refractivity contribution in [2.75, 3.05) is 0 Å². The molecule has 18 heavy (non-hydrogen) atoms. The number of thioether (sulfide) groups is 1. The number of hydrogen-bond acceptors (Lipinski definition) is 4. The van der Waals surface area contributed by atoms with Crippen LogP contribution in [0.4, 0.5) is 0 Å². The minimum absolute atomic E-state index is 0.207. The topological polar surface area (TPSA) is 38.9 Å². The SMILES string of the molecule is Cc1ccc(-c2noc(CSC(C)(C)C)n2)cc1. The zero-order valence-electron chi connectivity index (χ0n) is 11.2. The summed E-state index contributed by atoms with van der Waals surface area (Å²) in [5.74, 6) is 2.10. The van der Waals surface area contributed by atoms with Gasteiger partial charge in [0.25, 0.3) is 0 Å². The van der Waals surface area contributed by atoms with E-state index < -0.39 is 0 Å². The molecule has 2 rings (SSSR count). The van der Waals surface area contributed by atoms with E-state index in [9.17, 15) is 0 Å². The maximum atomic E-state index is 5.26. The van der Waals surface area contributed by atoms with Crippen LogP contribution in [0.2, 0.25) is 0 Å². The number of hydrogen-bond donors (Lipinski definition) is 0. The molecule has 1 aromatic carbocycles. The lowest BCUT2D eigenvalue weighted by Gasteiger charge is -2.15. The monoisotopic (exact) mass is 262 g/mol.